The summed E-state index contributed by atoms with van der Waals surface area (Å²) >= 11 is 6.21. The number of rotatable bonds is 9. The van der Waals surface area contributed by atoms with Crippen molar-refractivity contribution in [3.8, 4) is 17.2 Å². The molecule has 0 saturated carbocycles. The highest BCUT2D eigenvalue weighted by Crippen LogP contribution is 2.31. The first kappa shape index (κ1) is 24.8. The van der Waals surface area contributed by atoms with Gasteiger partial charge in [-0.15, -0.1) is 0 Å². The molecular formula is C27H23ClN2O6. The van der Waals surface area contributed by atoms with E-state index in [0.29, 0.717) is 41.8 Å². The summed E-state index contributed by atoms with van der Waals surface area (Å²) in [6, 6.07) is 19.7. The molecule has 0 bridgehead atoms. The number of ether oxygens (including phenoxy) is 3. The van der Waals surface area contributed by atoms with E-state index in [1.165, 1.54) is 12.1 Å². The molecule has 36 heavy (non-hydrogen) atoms. The minimum atomic E-state index is -0.638. The molecule has 0 unspecified atom stereocenters. The first-order valence-electron chi connectivity index (χ1n) is 11.3. The molecule has 8 nitrogen and oxygen atoms in total. The summed E-state index contributed by atoms with van der Waals surface area (Å²) in [5.41, 5.74) is 1.06. The van der Waals surface area contributed by atoms with Crippen molar-refractivity contribution >= 4 is 40.8 Å². The van der Waals surface area contributed by atoms with Crippen molar-refractivity contribution in [1.29, 1.82) is 0 Å². The Morgan fingerprint density at radius 3 is 2.11 bits per heavy atom. The predicted octanol–water partition coefficient (Wildman–Crippen LogP) is 5.14. The predicted molar refractivity (Wildman–Crippen MR) is 136 cm³/mol. The van der Waals surface area contributed by atoms with Gasteiger partial charge in [-0.3, -0.25) is 9.59 Å². The summed E-state index contributed by atoms with van der Waals surface area (Å²) in [4.78, 5) is 39.3. The number of nitrogens with zero attached hydrogens (tertiary/aromatic N) is 1. The second kappa shape index (κ2) is 11.0. The molecule has 3 aromatic carbocycles. The molecule has 0 atom stereocenters. The van der Waals surface area contributed by atoms with Crippen molar-refractivity contribution in [1.82, 2.24) is 0 Å². The van der Waals surface area contributed by atoms with E-state index in [0.717, 1.165) is 4.90 Å². The molecule has 1 N–H and O–H groups in total. The van der Waals surface area contributed by atoms with Gasteiger partial charge in [0.25, 0.3) is 11.8 Å². The van der Waals surface area contributed by atoms with Crippen LogP contribution in [0.5, 0.6) is 17.2 Å². The van der Waals surface area contributed by atoms with E-state index in [4.69, 9.17) is 25.8 Å². The molecule has 4 rings (SSSR count). The third-order valence-electron chi connectivity index (χ3n) is 5.17. The van der Waals surface area contributed by atoms with E-state index in [1.54, 1.807) is 60.7 Å². The van der Waals surface area contributed by atoms with Gasteiger partial charge in [0, 0.05) is 5.69 Å². The number of amides is 2. The number of esters is 1. The van der Waals surface area contributed by atoms with Gasteiger partial charge in [0.2, 0.25) is 0 Å². The van der Waals surface area contributed by atoms with Crippen molar-refractivity contribution in [2.24, 2.45) is 0 Å². The van der Waals surface area contributed by atoms with Gasteiger partial charge in [-0.1, -0.05) is 23.7 Å². The van der Waals surface area contributed by atoms with Crippen LogP contribution in [0.3, 0.4) is 0 Å². The minimum absolute atomic E-state index is 0.0588. The molecular weight excluding hydrogens is 484 g/mol. The number of hydrogen-bond donors (Lipinski definition) is 1. The number of benzene rings is 3. The molecule has 1 aliphatic rings. The monoisotopic (exact) mass is 506 g/mol. The van der Waals surface area contributed by atoms with E-state index in [2.05, 4.69) is 5.32 Å². The molecule has 2 amide bonds. The SMILES string of the molecule is CCOc1ccc(N2C(=O)C(Cl)=C(Nc3ccc(C(=O)Oc4ccccc4OCC)cc3)C2=O)cc1. The average molecular weight is 507 g/mol. The highest BCUT2D eigenvalue weighted by atomic mass is 35.5. The van der Waals surface area contributed by atoms with Crippen molar-refractivity contribution < 1.29 is 28.6 Å². The van der Waals surface area contributed by atoms with Crippen LogP contribution < -0.4 is 24.4 Å². The molecule has 1 aliphatic heterocycles. The molecule has 9 heteroatoms. The molecule has 0 saturated heterocycles. The fourth-order valence-electron chi connectivity index (χ4n) is 3.51. The Kier molecular flexibility index (Phi) is 7.56. The molecule has 3 aromatic rings. The lowest BCUT2D eigenvalue weighted by molar-refractivity contribution is -0.120. The Hall–Kier alpha value is -4.30. The lowest BCUT2D eigenvalue weighted by Gasteiger charge is -2.15. The number of para-hydroxylation sites is 2. The number of anilines is 2. The second-order valence-corrected chi connectivity index (χ2v) is 7.91. The van der Waals surface area contributed by atoms with Gasteiger partial charge in [-0.25, -0.2) is 9.69 Å². The standard InChI is InChI=1S/C27H23ClN2O6/c1-3-34-20-15-13-19(14-16-20)30-25(31)23(28)24(26(30)32)29-18-11-9-17(10-12-18)27(33)36-22-8-6-5-7-21(22)35-4-2/h5-16,29H,3-4H2,1-2H3. The second-order valence-electron chi connectivity index (χ2n) is 7.53. The lowest BCUT2D eigenvalue weighted by Crippen LogP contribution is -2.32. The zero-order chi connectivity index (χ0) is 25.7. The smallest absolute Gasteiger partial charge is 0.343 e. The van der Waals surface area contributed by atoms with Gasteiger partial charge in [0.1, 0.15) is 16.5 Å². The van der Waals surface area contributed by atoms with E-state index >= 15 is 0 Å². The molecule has 0 aromatic heterocycles. The maximum Gasteiger partial charge on any atom is 0.343 e. The fraction of sp³-hybridized carbons (Fsp3) is 0.148. The van der Waals surface area contributed by atoms with Crippen LogP contribution in [0.25, 0.3) is 0 Å². The minimum Gasteiger partial charge on any atom is -0.494 e. The van der Waals surface area contributed by atoms with E-state index in [1.807, 2.05) is 13.8 Å². The molecule has 0 radical (unpaired) electrons. The van der Waals surface area contributed by atoms with Gasteiger partial charge >= 0.3 is 5.97 Å². The van der Waals surface area contributed by atoms with Crippen LogP contribution in [0, 0.1) is 0 Å². The lowest BCUT2D eigenvalue weighted by atomic mass is 10.2. The van der Waals surface area contributed by atoms with E-state index in [9.17, 15) is 14.4 Å². The molecule has 0 aliphatic carbocycles. The van der Waals surface area contributed by atoms with Crippen molar-refractivity contribution in [3.05, 3.63) is 89.1 Å². The molecule has 0 fully saturated rings. The van der Waals surface area contributed by atoms with Crippen LogP contribution in [-0.2, 0) is 9.59 Å². The van der Waals surface area contributed by atoms with Crippen LogP contribution in [0.15, 0.2) is 83.5 Å². The van der Waals surface area contributed by atoms with Gasteiger partial charge in [0.05, 0.1) is 24.5 Å². The maximum absolute atomic E-state index is 13.0. The summed E-state index contributed by atoms with van der Waals surface area (Å²) in [7, 11) is 0. The fourth-order valence-corrected chi connectivity index (χ4v) is 3.72. The van der Waals surface area contributed by atoms with Gasteiger partial charge in [-0.05, 0) is 74.5 Å². The van der Waals surface area contributed by atoms with Crippen molar-refractivity contribution in [3.63, 3.8) is 0 Å². The van der Waals surface area contributed by atoms with Crippen molar-refractivity contribution in [2.75, 3.05) is 23.4 Å². The van der Waals surface area contributed by atoms with Crippen LogP contribution in [0.1, 0.15) is 24.2 Å². The Labute approximate surface area is 213 Å². The third-order valence-corrected chi connectivity index (χ3v) is 5.53. The first-order chi connectivity index (χ1) is 17.4. The van der Waals surface area contributed by atoms with Gasteiger partial charge in [0.15, 0.2) is 11.5 Å². The summed E-state index contributed by atoms with van der Waals surface area (Å²) in [5.74, 6) is -0.396. The Bertz CT molecular complexity index is 1320. The molecule has 0 spiro atoms. The normalized spacial score (nSPS) is 13.1. The largest absolute Gasteiger partial charge is 0.494 e. The summed E-state index contributed by atoms with van der Waals surface area (Å²) in [5, 5.41) is 2.65. The molecule has 1 heterocycles. The number of hydrogen-bond acceptors (Lipinski definition) is 7. The van der Waals surface area contributed by atoms with Gasteiger partial charge in [-0.2, -0.15) is 0 Å². The van der Waals surface area contributed by atoms with Crippen LogP contribution in [0.2, 0.25) is 0 Å². The van der Waals surface area contributed by atoms with E-state index in [-0.39, 0.29) is 16.3 Å². The Morgan fingerprint density at radius 1 is 0.833 bits per heavy atom. The van der Waals surface area contributed by atoms with Crippen LogP contribution >= 0.6 is 11.6 Å². The number of carbonyl (C=O) groups excluding carboxylic acids is 3. The number of nitrogens with one attached hydrogen (secondary N) is 1. The maximum atomic E-state index is 13.0. The highest BCUT2D eigenvalue weighted by molar-refractivity contribution is 6.53. The highest BCUT2D eigenvalue weighted by Gasteiger charge is 2.39. The van der Waals surface area contributed by atoms with Crippen molar-refractivity contribution in [2.45, 2.75) is 13.8 Å². The Morgan fingerprint density at radius 2 is 1.47 bits per heavy atom. The van der Waals surface area contributed by atoms with E-state index < -0.39 is 17.8 Å². The van der Waals surface area contributed by atoms with Crippen LogP contribution in [-0.4, -0.2) is 31.0 Å². The zero-order valence-corrected chi connectivity index (χ0v) is 20.4. The quantitative estimate of drug-likeness (QED) is 0.244. The topological polar surface area (TPSA) is 94.2 Å². The number of imide groups is 1. The Balaban J connectivity index is 1.45. The number of carbonyl (C=O) groups is 3. The van der Waals surface area contributed by atoms with Gasteiger partial charge < -0.3 is 19.5 Å². The third kappa shape index (κ3) is 5.18. The summed E-state index contributed by atoms with van der Waals surface area (Å²) in [6.45, 7) is 4.64. The summed E-state index contributed by atoms with van der Waals surface area (Å²) < 4.78 is 16.3. The zero-order valence-electron chi connectivity index (χ0n) is 19.6. The molecule has 184 valence electrons. The average Bonchev–Trinajstić information content (AvgIpc) is 3.09. The first-order valence-corrected chi connectivity index (χ1v) is 11.6. The number of halogens is 1. The van der Waals surface area contributed by atoms with Crippen LogP contribution in [0.4, 0.5) is 11.4 Å². The summed E-state index contributed by atoms with van der Waals surface area (Å²) in [6.07, 6.45) is 0.